The summed E-state index contributed by atoms with van der Waals surface area (Å²) < 4.78 is 2.07. The fraction of sp³-hybridized carbons (Fsp3) is 0.188. The van der Waals surface area contributed by atoms with Gasteiger partial charge in [-0.05, 0) is 50.6 Å². The summed E-state index contributed by atoms with van der Waals surface area (Å²) in [6.45, 7) is 6.33. The molecule has 2 aromatic heterocycles. The van der Waals surface area contributed by atoms with Gasteiger partial charge in [0.15, 0.2) is 0 Å². The number of rotatable bonds is 1. The average molecular weight is 236 g/mol. The van der Waals surface area contributed by atoms with Gasteiger partial charge in [-0.25, -0.2) is 4.98 Å². The second kappa shape index (κ2) is 3.98. The van der Waals surface area contributed by atoms with Crippen molar-refractivity contribution in [3.8, 4) is 11.3 Å². The minimum absolute atomic E-state index is 1.00. The molecule has 1 aromatic carbocycles. The summed E-state index contributed by atoms with van der Waals surface area (Å²) in [5.41, 5.74) is 7.02. The van der Waals surface area contributed by atoms with Crippen LogP contribution in [0.4, 0.5) is 0 Å². The van der Waals surface area contributed by atoms with Crippen molar-refractivity contribution in [3.63, 3.8) is 0 Å². The number of pyridine rings is 1. The van der Waals surface area contributed by atoms with E-state index in [-0.39, 0.29) is 0 Å². The quantitative estimate of drug-likeness (QED) is 0.626. The van der Waals surface area contributed by atoms with Crippen molar-refractivity contribution in [1.82, 2.24) is 9.38 Å². The monoisotopic (exact) mass is 236 g/mol. The molecule has 2 nitrogen and oxygen atoms in total. The topological polar surface area (TPSA) is 17.3 Å². The van der Waals surface area contributed by atoms with E-state index < -0.39 is 0 Å². The highest BCUT2D eigenvalue weighted by Gasteiger charge is 2.05. The van der Waals surface area contributed by atoms with E-state index in [1.807, 2.05) is 0 Å². The van der Waals surface area contributed by atoms with E-state index in [9.17, 15) is 0 Å². The molecule has 18 heavy (non-hydrogen) atoms. The van der Waals surface area contributed by atoms with Gasteiger partial charge in [0.2, 0.25) is 0 Å². The lowest BCUT2D eigenvalue weighted by atomic mass is 10.1. The maximum Gasteiger partial charge on any atom is 0.137 e. The van der Waals surface area contributed by atoms with E-state index in [0.29, 0.717) is 0 Å². The second-order valence-electron chi connectivity index (χ2n) is 4.97. The first-order valence-corrected chi connectivity index (χ1v) is 6.16. The number of imidazole rings is 1. The van der Waals surface area contributed by atoms with E-state index >= 15 is 0 Å². The highest BCUT2D eigenvalue weighted by Crippen LogP contribution is 2.22. The van der Waals surface area contributed by atoms with Crippen molar-refractivity contribution in [2.24, 2.45) is 0 Å². The SMILES string of the molecule is Cc1cc(C)cc(-c2cn3ccc(C)cc3n2)c1. The molecule has 0 aliphatic carbocycles. The largest absolute Gasteiger partial charge is 0.306 e. The number of hydrogen-bond donors (Lipinski definition) is 0. The molecule has 3 rings (SSSR count). The zero-order valence-electron chi connectivity index (χ0n) is 10.9. The maximum absolute atomic E-state index is 4.69. The number of benzene rings is 1. The summed E-state index contributed by atoms with van der Waals surface area (Å²) in [5, 5.41) is 0. The number of nitrogens with zero attached hydrogens (tertiary/aromatic N) is 2. The van der Waals surface area contributed by atoms with Crippen LogP contribution in [0.3, 0.4) is 0 Å². The summed E-state index contributed by atoms with van der Waals surface area (Å²) >= 11 is 0. The lowest BCUT2D eigenvalue weighted by molar-refractivity contribution is 1.17. The predicted octanol–water partition coefficient (Wildman–Crippen LogP) is 3.93. The maximum atomic E-state index is 4.69. The highest BCUT2D eigenvalue weighted by molar-refractivity contribution is 5.64. The molecule has 0 N–H and O–H groups in total. The summed E-state index contributed by atoms with van der Waals surface area (Å²) in [4.78, 5) is 4.69. The van der Waals surface area contributed by atoms with Crippen molar-refractivity contribution < 1.29 is 0 Å². The van der Waals surface area contributed by atoms with Gasteiger partial charge < -0.3 is 4.40 Å². The van der Waals surface area contributed by atoms with Gasteiger partial charge in [-0.3, -0.25) is 0 Å². The summed E-state index contributed by atoms with van der Waals surface area (Å²) in [6.07, 6.45) is 4.15. The number of aryl methyl sites for hydroxylation is 3. The molecule has 0 radical (unpaired) electrons. The van der Waals surface area contributed by atoms with Crippen molar-refractivity contribution >= 4 is 5.65 Å². The van der Waals surface area contributed by atoms with Crippen LogP contribution in [0.1, 0.15) is 16.7 Å². The second-order valence-corrected chi connectivity index (χ2v) is 4.97. The highest BCUT2D eigenvalue weighted by atomic mass is 15.0. The van der Waals surface area contributed by atoms with E-state index in [0.717, 1.165) is 11.3 Å². The fourth-order valence-corrected chi connectivity index (χ4v) is 2.35. The van der Waals surface area contributed by atoms with Crippen LogP contribution in [0.15, 0.2) is 42.7 Å². The van der Waals surface area contributed by atoms with Gasteiger partial charge in [0.1, 0.15) is 5.65 Å². The molecule has 2 heteroatoms. The van der Waals surface area contributed by atoms with Crippen molar-refractivity contribution in [3.05, 3.63) is 59.4 Å². The van der Waals surface area contributed by atoms with E-state index in [1.165, 1.54) is 22.3 Å². The predicted molar refractivity (Wildman–Crippen MR) is 74.8 cm³/mol. The lowest BCUT2D eigenvalue weighted by Gasteiger charge is -2.01. The summed E-state index contributed by atoms with van der Waals surface area (Å²) in [5.74, 6) is 0. The molecule has 0 saturated carbocycles. The van der Waals surface area contributed by atoms with Crippen LogP contribution in [0.25, 0.3) is 16.9 Å². The molecule has 0 amide bonds. The average Bonchev–Trinajstić information content (AvgIpc) is 2.70. The van der Waals surface area contributed by atoms with Crippen LogP contribution in [-0.2, 0) is 0 Å². The van der Waals surface area contributed by atoms with Crippen molar-refractivity contribution in [2.45, 2.75) is 20.8 Å². The molecule has 0 saturated heterocycles. The van der Waals surface area contributed by atoms with Gasteiger partial charge in [-0.15, -0.1) is 0 Å². The Balaban J connectivity index is 2.19. The van der Waals surface area contributed by atoms with Crippen LogP contribution >= 0.6 is 0 Å². The van der Waals surface area contributed by atoms with Crippen LogP contribution in [-0.4, -0.2) is 9.38 Å². The van der Waals surface area contributed by atoms with Gasteiger partial charge in [-0.1, -0.05) is 17.2 Å². The molecular weight excluding hydrogens is 220 g/mol. The molecule has 3 aromatic rings. The molecule has 0 spiro atoms. The van der Waals surface area contributed by atoms with Crippen molar-refractivity contribution in [2.75, 3.05) is 0 Å². The van der Waals surface area contributed by atoms with Crippen molar-refractivity contribution in [1.29, 1.82) is 0 Å². The third-order valence-electron chi connectivity index (χ3n) is 3.13. The number of aromatic nitrogens is 2. The molecular formula is C16H16N2. The Morgan fingerprint density at radius 2 is 1.61 bits per heavy atom. The van der Waals surface area contributed by atoms with Gasteiger partial charge in [-0.2, -0.15) is 0 Å². The Morgan fingerprint density at radius 1 is 0.889 bits per heavy atom. The van der Waals surface area contributed by atoms with Crippen LogP contribution in [0.5, 0.6) is 0 Å². The normalized spacial score (nSPS) is 11.1. The van der Waals surface area contributed by atoms with Crippen LogP contribution in [0.2, 0.25) is 0 Å². The fourth-order valence-electron chi connectivity index (χ4n) is 2.35. The minimum Gasteiger partial charge on any atom is -0.306 e. The Kier molecular flexibility index (Phi) is 2.44. The molecule has 0 unspecified atom stereocenters. The first-order valence-electron chi connectivity index (χ1n) is 6.16. The Bertz CT molecular complexity index is 703. The molecule has 0 atom stereocenters. The Labute approximate surface area is 107 Å². The van der Waals surface area contributed by atoms with Crippen LogP contribution < -0.4 is 0 Å². The zero-order valence-corrected chi connectivity index (χ0v) is 10.9. The van der Waals surface area contributed by atoms with E-state index in [4.69, 9.17) is 0 Å². The first-order chi connectivity index (χ1) is 8.61. The molecule has 0 aliphatic heterocycles. The first kappa shape index (κ1) is 11.0. The minimum atomic E-state index is 1.00. The third kappa shape index (κ3) is 1.90. The van der Waals surface area contributed by atoms with Gasteiger partial charge in [0, 0.05) is 18.0 Å². The summed E-state index contributed by atoms with van der Waals surface area (Å²) in [7, 11) is 0. The zero-order chi connectivity index (χ0) is 12.7. The van der Waals surface area contributed by atoms with Crippen LogP contribution in [0, 0.1) is 20.8 Å². The molecule has 0 aliphatic rings. The van der Waals surface area contributed by atoms with E-state index in [1.54, 1.807) is 0 Å². The van der Waals surface area contributed by atoms with Gasteiger partial charge >= 0.3 is 0 Å². The van der Waals surface area contributed by atoms with Gasteiger partial charge in [0.25, 0.3) is 0 Å². The third-order valence-corrected chi connectivity index (χ3v) is 3.13. The van der Waals surface area contributed by atoms with Gasteiger partial charge in [0.05, 0.1) is 5.69 Å². The van der Waals surface area contributed by atoms with E-state index in [2.05, 4.69) is 72.9 Å². The molecule has 0 fully saturated rings. The standard InChI is InChI=1S/C16H16N2/c1-11-4-5-18-10-15(17-16(18)9-11)14-7-12(2)6-13(3)8-14/h4-10H,1-3H3. The Morgan fingerprint density at radius 3 is 2.33 bits per heavy atom. The smallest absolute Gasteiger partial charge is 0.137 e. The molecule has 90 valence electrons. The number of fused-ring (bicyclic) bond motifs is 1. The number of hydrogen-bond acceptors (Lipinski definition) is 1. The lowest BCUT2D eigenvalue weighted by Crippen LogP contribution is -1.82. The molecule has 0 bridgehead atoms. The summed E-state index contributed by atoms with van der Waals surface area (Å²) in [6, 6.07) is 10.7. The molecule has 2 heterocycles. The Hall–Kier alpha value is -2.09.